The van der Waals surface area contributed by atoms with E-state index >= 15 is 0 Å². The van der Waals surface area contributed by atoms with Gasteiger partial charge < -0.3 is 19.5 Å². The molecule has 146 valence electrons. The summed E-state index contributed by atoms with van der Waals surface area (Å²) in [5.74, 6) is 1.37. The highest BCUT2D eigenvalue weighted by Crippen LogP contribution is 2.27. The van der Waals surface area contributed by atoms with Crippen molar-refractivity contribution >= 4 is 5.96 Å². The standard InChI is InChI=1S/C20H28FN5O/c1-4-27-19-6-5-16(11-17(19)21)12-24-20(22-3)25-9-7-15(2)18(13-25)26-10-8-23-14-26/h5-6,8,10-11,14-15,18H,4,7,9,12-13H2,1-3H3,(H,22,24). The third-order valence-corrected chi connectivity index (χ3v) is 5.08. The van der Waals surface area contributed by atoms with Gasteiger partial charge in [0.25, 0.3) is 0 Å². The van der Waals surface area contributed by atoms with Gasteiger partial charge in [0.2, 0.25) is 0 Å². The molecule has 6 nitrogen and oxygen atoms in total. The first kappa shape index (κ1) is 19.2. The lowest BCUT2D eigenvalue weighted by atomic mass is 9.93. The van der Waals surface area contributed by atoms with Crippen LogP contribution in [0.15, 0.2) is 41.9 Å². The Balaban J connectivity index is 1.63. The minimum Gasteiger partial charge on any atom is -0.491 e. The number of nitrogens with zero attached hydrogens (tertiary/aromatic N) is 4. The number of halogens is 1. The molecule has 3 rings (SSSR count). The molecule has 0 aliphatic carbocycles. The van der Waals surface area contributed by atoms with Gasteiger partial charge in [-0.25, -0.2) is 9.37 Å². The lowest BCUT2D eigenvalue weighted by Gasteiger charge is -2.39. The van der Waals surface area contributed by atoms with Crippen LogP contribution in [0.1, 0.15) is 31.9 Å². The fraction of sp³-hybridized carbons (Fsp3) is 0.500. The Bertz CT molecular complexity index is 762. The van der Waals surface area contributed by atoms with Gasteiger partial charge in [-0.05, 0) is 37.0 Å². The number of hydrogen-bond donors (Lipinski definition) is 1. The summed E-state index contributed by atoms with van der Waals surface area (Å²) in [6.45, 7) is 6.90. The van der Waals surface area contributed by atoms with Crippen LogP contribution in [0, 0.1) is 11.7 Å². The number of aromatic nitrogens is 2. The number of piperidine rings is 1. The van der Waals surface area contributed by atoms with E-state index in [2.05, 4.69) is 31.7 Å². The van der Waals surface area contributed by atoms with Gasteiger partial charge in [-0.15, -0.1) is 0 Å². The molecule has 0 radical (unpaired) electrons. The van der Waals surface area contributed by atoms with E-state index in [0.29, 0.717) is 30.9 Å². The van der Waals surface area contributed by atoms with Crippen LogP contribution in [-0.2, 0) is 6.54 Å². The van der Waals surface area contributed by atoms with Gasteiger partial charge in [0.1, 0.15) is 0 Å². The second-order valence-electron chi connectivity index (χ2n) is 6.89. The van der Waals surface area contributed by atoms with Gasteiger partial charge in [-0.3, -0.25) is 4.99 Å². The summed E-state index contributed by atoms with van der Waals surface area (Å²) >= 11 is 0. The number of guanidine groups is 1. The van der Waals surface area contributed by atoms with Crippen LogP contribution in [0.25, 0.3) is 0 Å². The van der Waals surface area contributed by atoms with Gasteiger partial charge in [-0.2, -0.15) is 0 Å². The first-order valence-electron chi connectivity index (χ1n) is 9.46. The summed E-state index contributed by atoms with van der Waals surface area (Å²) in [4.78, 5) is 10.9. The van der Waals surface area contributed by atoms with Crippen molar-refractivity contribution in [2.75, 3.05) is 26.7 Å². The molecule has 1 aromatic heterocycles. The normalized spacial score (nSPS) is 20.6. The van der Waals surface area contributed by atoms with E-state index < -0.39 is 0 Å². The number of rotatable bonds is 5. The molecule has 7 heteroatoms. The first-order chi connectivity index (χ1) is 13.1. The number of imidazole rings is 1. The Morgan fingerprint density at radius 2 is 2.30 bits per heavy atom. The van der Waals surface area contributed by atoms with Crippen LogP contribution >= 0.6 is 0 Å². The van der Waals surface area contributed by atoms with Crippen molar-refractivity contribution in [3.63, 3.8) is 0 Å². The molecule has 2 unspecified atom stereocenters. The molecule has 1 fully saturated rings. The average Bonchev–Trinajstić information content (AvgIpc) is 3.20. The van der Waals surface area contributed by atoms with Crippen LogP contribution in [-0.4, -0.2) is 47.2 Å². The molecule has 0 saturated carbocycles. The van der Waals surface area contributed by atoms with Crippen molar-refractivity contribution < 1.29 is 9.13 Å². The van der Waals surface area contributed by atoms with E-state index in [9.17, 15) is 4.39 Å². The monoisotopic (exact) mass is 373 g/mol. The van der Waals surface area contributed by atoms with Crippen LogP contribution in [0.4, 0.5) is 4.39 Å². The van der Waals surface area contributed by atoms with Crippen LogP contribution in [0.2, 0.25) is 0 Å². The molecule has 0 bridgehead atoms. The minimum atomic E-state index is -0.335. The second-order valence-corrected chi connectivity index (χ2v) is 6.89. The molecule has 1 aliphatic heterocycles. The highest BCUT2D eigenvalue weighted by Gasteiger charge is 2.28. The maximum Gasteiger partial charge on any atom is 0.193 e. The summed E-state index contributed by atoms with van der Waals surface area (Å²) < 4.78 is 21.5. The minimum absolute atomic E-state index is 0.291. The molecule has 0 spiro atoms. The maximum absolute atomic E-state index is 14.0. The molecule has 1 saturated heterocycles. The fourth-order valence-corrected chi connectivity index (χ4v) is 3.54. The number of hydrogen-bond acceptors (Lipinski definition) is 3. The van der Waals surface area contributed by atoms with Gasteiger partial charge in [0.05, 0.1) is 19.0 Å². The lowest BCUT2D eigenvalue weighted by Crippen LogP contribution is -2.48. The van der Waals surface area contributed by atoms with E-state index in [1.807, 2.05) is 31.7 Å². The highest BCUT2D eigenvalue weighted by atomic mass is 19.1. The van der Waals surface area contributed by atoms with Crippen molar-refractivity contribution in [3.05, 3.63) is 48.3 Å². The average molecular weight is 373 g/mol. The van der Waals surface area contributed by atoms with Gasteiger partial charge in [-0.1, -0.05) is 13.0 Å². The van der Waals surface area contributed by atoms with Gasteiger partial charge in [0, 0.05) is 39.1 Å². The maximum atomic E-state index is 14.0. The van der Waals surface area contributed by atoms with Crippen molar-refractivity contribution in [2.24, 2.45) is 10.9 Å². The lowest BCUT2D eigenvalue weighted by molar-refractivity contribution is 0.189. The SMILES string of the molecule is CCOc1ccc(CNC(=NC)N2CCC(C)C(n3ccnc3)C2)cc1F. The zero-order chi connectivity index (χ0) is 19.2. The van der Waals surface area contributed by atoms with Gasteiger partial charge >= 0.3 is 0 Å². The smallest absolute Gasteiger partial charge is 0.193 e. The fourth-order valence-electron chi connectivity index (χ4n) is 3.54. The van der Waals surface area contributed by atoms with Crippen molar-refractivity contribution in [3.8, 4) is 5.75 Å². The number of likely N-dealkylation sites (tertiary alicyclic amines) is 1. The van der Waals surface area contributed by atoms with Crippen molar-refractivity contribution in [1.29, 1.82) is 0 Å². The Hall–Kier alpha value is -2.57. The summed E-state index contributed by atoms with van der Waals surface area (Å²) in [7, 11) is 1.78. The molecule has 27 heavy (non-hydrogen) atoms. The van der Waals surface area contributed by atoms with E-state index in [-0.39, 0.29) is 5.82 Å². The number of nitrogens with one attached hydrogen (secondary N) is 1. The zero-order valence-corrected chi connectivity index (χ0v) is 16.2. The number of ether oxygens (including phenoxy) is 1. The van der Waals surface area contributed by atoms with E-state index in [4.69, 9.17) is 4.74 Å². The molecule has 1 aliphatic rings. The topological polar surface area (TPSA) is 54.7 Å². The largest absolute Gasteiger partial charge is 0.491 e. The summed E-state index contributed by atoms with van der Waals surface area (Å²) in [6, 6.07) is 5.43. The molecule has 0 amide bonds. The van der Waals surface area contributed by atoms with Crippen LogP contribution < -0.4 is 10.1 Å². The Morgan fingerprint density at radius 1 is 1.44 bits per heavy atom. The van der Waals surface area contributed by atoms with E-state index in [1.165, 1.54) is 6.07 Å². The summed E-state index contributed by atoms with van der Waals surface area (Å²) in [5, 5.41) is 3.36. The van der Waals surface area contributed by atoms with Crippen molar-refractivity contribution in [2.45, 2.75) is 32.9 Å². The van der Waals surface area contributed by atoms with E-state index in [1.54, 1.807) is 13.1 Å². The molecule has 1 aromatic carbocycles. The summed E-state index contributed by atoms with van der Waals surface area (Å²) in [5.41, 5.74) is 0.855. The first-order valence-corrected chi connectivity index (χ1v) is 9.46. The highest BCUT2D eigenvalue weighted by molar-refractivity contribution is 5.80. The molecule has 1 N–H and O–H groups in total. The molecule has 2 heterocycles. The Morgan fingerprint density at radius 3 is 2.96 bits per heavy atom. The molecule has 2 aromatic rings. The molecule has 2 atom stereocenters. The van der Waals surface area contributed by atoms with Crippen LogP contribution in [0.3, 0.4) is 0 Å². The predicted molar refractivity (Wildman–Crippen MR) is 104 cm³/mol. The second kappa shape index (κ2) is 8.88. The quantitative estimate of drug-likeness (QED) is 0.646. The Labute approximate surface area is 160 Å². The summed E-state index contributed by atoms with van der Waals surface area (Å²) in [6.07, 6.45) is 6.80. The molecular weight excluding hydrogens is 345 g/mol. The molecular formula is C20H28FN5O. The third-order valence-electron chi connectivity index (χ3n) is 5.08. The number of benzene rings is 1. The van der Waals surface area contributed by atoms with Gasteiger partial charge in [0.15, 0.2) is 17.5 Å². The van der Waals surface area contributed by atoms with E-state index in [0.717, 1.165) is 31.0 Å². The zero-order valence-electron chi connectivity index (χ0n) is 16.2. The van der Waals surface area contributed by atoms with Crippen LogP contribution in [0.5, 0.6) is 5.75 Å². The number of aliphatic imine (C=N–C) groups is 1. The third kappa shape index (κ3) is 4.59. The Kier molecular flexibility index (Phi) is 6.32. The van der Waals surface area contributed by atoms with Crippen molar-refractivity contribution in [1.82, 2.24) is 19.8 Å². The predicted octanol–water partition coefficient (Wildman–Crippen LogP) is 3.08.